The van der Waals surface area contributed by atoms with Gasteiger partial charge < -0.3 is 20.5 Å². The molecule has 3 N–H and O–H groups in total. The first-order valence-corrected chi connectivity index (χ1v) is 10.7. The van der Waals surface area contributed by atoms with Crippen LogP contribution in [0, 0.1) is 6.92 Å². The summed E-state index contributed by atoms with van der Waals surface area (Å²) in [6.07, 6.45) is 6.82. The quantitative estimate of drug-likeness (QED) is 0.374. The summed E-state index contributed by atoms with van der Waals surface area (Å²) in [7, 11) is 1.55. The third-order valence-corrected chi connectivity index (χ3v) is 5.08. The van der Waals surface area contributed by atoms with Crippen LogP contribution in [-0.4, -0.2) is 47.9 Å². The molecular formula is C23H22N8O5. The number of nitrogens with zero attached hydrogens (tertiary/aromatic N) is 6. The summed E-state index contributed by atoms with van der Waals surface area (Å²) in [5, 5.41) is 6.78. The van der Waals surface area contributed by atoms with Crippen LogP contribution < -0.4 is 21.3 Å². The van der Waals surface area contributed by atoms with Gasteiger partial charge in [-0.25, -0.2) is 14.8 Å². The summed E-state index contributed by atoms with van der Waals surface area (Å²) in [5.74, 6) is 1.08. The van der Waals surface area contributed by atoms with Crippen LogP contribution in [0.25, 0.3) is 11.3 Å². The Morgan fingerprint density at radius 1 is 1.08 bits per heavy atom. The number of rotatable bonds is 8. The minimum atomic E-state index is -0.840. The SMILES string of the molecule is Cc1ncc(C(=O)Nc2ccc(Oc3ccnc(-c4cnn(CCOC(N)=O)c4)c3)cn2)c(=O)n1C. The average molecular weight is 490 g/mol. The third-order valence-electron chi connectivity index (χ3n) is 5.08. The van der Waals surface area contributed by atoms with Crippen molar-refractivity contribution in [2.24, 2.45) is 12.8 Å². The van der Waals surface area contributed by atoms with Gasteiger partial charge in [0.05, 0.1) is 24.6 Å². The maximum Gasteiger partial charge on any atom is 0.404 e. The molecule has 0 aliphatic rings. The van der Waals surface area contributed by atoms with Crippen molar-refractivity contribution in [1.29, 1.82) is 0 Å². The van der Waals surface area contributed by atoms with Crippen molar-refractivity contribution in [3.63, 3.8) is 0 Å². The second-order valence-corrected chi connectivity index (χ2v) is 7.55. The molecule has 184 valence electrons. The van der Waals surface area contributed by atoms with Crippen molar-refractivity contribution in [3.05, 3.63) is 77.0 Å². The number of nitrogens with two attached hydrogens (primary N) is 1. The van der Waals surface area contributed by atoms with Gasteiger partial charge in [0.2, 0.25) is 0 Å². The summed E-state index contributed by atoms with van der Waals surface area (Å²) in [6, 6.07) is 6.60. The molecule has 0 spiro atoms. The zero-order chi connectivity index (χ0) is 25.7. The van der Waals surface area contributed by atoms with Crippen LogP contribution in [0.4, 0.5) is 10.6 Å². The van der Waals surface area contributed by atoms with Crippen molar-refractivity contribution in [2.75, 3.05) is 11.9 Å². The number of carbonyl (C=O) groups excluding carboxylic acids is 2. The Kier molecular flexibility index (Phi) is 6.99. The Labute approximate surface area is 204 Å². The van der Waals surface area contributed by atoms with Gasteiger partial charge in [0.15, 0.2) is 0 Å². The third kappa shape index (κ3) is 5.70. The van der Waals surface area contributed by atoms with Gasteiger partial charge in [0, 0.05) is 37.3 Å². The van der Waals surface area contributed by atoms with Crippen LogP contribution in [-0.2, 0) is 18.3 Å². The summed E-state index contributed by atoms with van der Waals surface area (Å²) in [5.41, 5.74) is 5.79. The minimum Gasteiger partial charge on any atom is -0.456 e. The van der Waals surface area contributed by atoms with Crippen molar-refractivity contribution in [2.45, 2.75) is 13.5 Å². The maximum atomic E-state index is 12.5. The van der Waals surface area contributed by atoms with Crippen molar-refractivity contribution >= 4 is 17.8 Å². The highest BCUT2D eigenvalue weighted by atomic mass is 16.5. The Hall–Kier alpha value is -5.07. The Bertz CT molecular complexity index is 1460. The second kappa shape index (κ2) is 10.5. The zero-order valence-electron chi connectivity index (χ0n) is 19.4. The molecule has 0 aliphatic heterocycles. The van der Waals surface area contributed by atoms with Gasteiger partial charge in [-0.15, -0.1) is 0 Å². The van der Waals surface area contributed by atoms with Crippen LogP contribution in [0.5, 0.6) is 11.5 Å². The highest BCUT2D eigenvalue weighted by Gasteiger charge is 2.14. The molecule has 0 aromatic carbocycles. The van der Waals surface area contributed by atoms with E-state index < -0.39 is 17.6 Å². The topological polar surface area (TPSA) is 169 Å². The van der Waals surface area contributed by atoms with Crippen LogP contribution in [0.3, 0.4) is 0 Å². The average Bonchev–Trinajstić information content (AvgIpc) is 3.33. The molecule has 0 fully saturated rings. The van der Waals surface area contributed by atoms with E-state index in [1.165, 1.54) is 17.0 Å². The van der Waals surface area contributed by atoms with E-state index in [0.29, 0.717) is 29.6 Å². The van der Waals surface area contributed by atoms with Gasteiger partial charge >= 0.3 is 6.09 Å². The predicted octanol–water partition coefficient (Wildman–Crippen LogP) is 1.88. The first-order valence-electron chi connectivity index (χ1n) is 10.7. The van der Waals surface area contributed by atoms with Gasteiger partial charge in [-0.3, -0.25) is 23.8 Å². The fourth-order valence-corrected chi connectivity index (χ4v) is 3.11. The fourth-order valence-electron chi connectivity index (χ4n) is 3.11. The lowest BCUT2D eigenvalue weighted by atomic mass is 10.2. The van der Waals surface area contributed by atoms with Gasteiger partial charge in [-0.2, -0.15) is 5.10 Å². The number of amides is 2. The zero-order valence-corrected chi connectivity index (χ0v) is 19.4. The molecule has 2 amide bonds. The smallest absolute Gasteiger partial charge is 0.404 e. The van der Waals surface area contributed by atoms with E-state index >= 15 is 0 Å². The van der Waals surface area contributed by atoms with Gasteiger partial charge in [0.25, 0.3) is 11.5 Å². The molecule has 36 heavy (non-hydrogen) atoms. The number of anilines is 1. The number of primary amides is 1. The summed E-state index contributed by atoms with van der Waals surface area (Å²) in [4.78, 5) is 47.9. The Morgan fingerprint density at radius 3 is 2.67 bits per heavy atom. The Balaban J connectivity index is 1.40. The van der Waals surface area contributed by atoms with Crippen molar-refractivity contribution < 1.29 is 19.1 Å². The molecule has 4 rings (SSSR count). The van der Waals surface area contributed by atoms with E-state index in [2.05, 4.69) is 25.4 Å². The molecule has 13 heteroatoms. The molecule has 0 aliphatic carbocycles. The highest BCUT2D eigenvalue weighted by molar-refractivity contribution is 6.03. The first-order chi connectivity index (χ1) is 17.3. The monoisotopic (exact) mass is 490 g/mol. The fraction of sp³-hybridized carbons (Fsp3) is 0.174. The number of nitrogens with one attached hydrogen (secondary N) is 1. The van der Waals surface area contributed by atoms with Crippen molar-refractivity contribution in [1.82, 2.24) is 29.3 Å². The number of hydrogen-bond donors (Lipinski definition) is 2. The highest BCUT2D eigenvalue weighted by Crippen LogP contribution is 2.25. The molecule has 0 bridgehead atoms. The van der Waals surface area contributed by atoms with Crippen LogP contribution in [0.15, 0.2) is 60.0 Å². The predicted molar refractivity (Wildman–Crippen MR) is 127 cm³/mol. The molecule has 4 aromatic heterocycles. The number of hydrogen-bond acceptors (Lipinski definition) is 9. The van der Waals surface area contributed by atoms with E-state index in [1.54, 1.807) is 61.5 Å². The molecule has 0 saturated carbocycles. The minimum absolute atomic E-state index is 0.0849. The van der Waals surface area contributed by atoms with Crippen LogP contribution >= 0.6 is 0 Å². The normalized spacial score (nSPS) is 10.6. The number of aryl methyl sites for hydroxylation is 1. The van der Waals surface area contributed by atoms with Gasteiger partial charge in [0.1, 0.15) is 35.3 Å². The molecule has 0 saturated heterocycles. The first kappa shape index (κ1) is 24.1. The number of pyridine rings is 2. The molecule has 0 atom stereocenters. The second-order valence-electron chi connectivity index (χ2n) is 7.55. The van der Waals surface area contributed by atoms with E-state index in [9.17, 15) is 14.4 Å². The van der Waals surface area contributed by atoms with Crippen LogP contribution in [0.2, 0.25) is 0 Å². The van der Waals surface area contributed by atoms with E-state index in [1.807, 2.05) is 0 Å². The lowest BCUT2D eigenvalue weighted by molar-refractivity contribution is 0.102. The number of carbonyl (C=O) groups is 2. The summed E-state index contributed by atoms with van der Waals surface area (Å²) >= 11 is 0. The van der Waals surface area contributed by atoms with Crippen molar-refractivity contribution in [3.8, 4) is 22.8 Å². The maximum absolute atomic E-state index is 12.5. The molecule has 4 aromatic rings. The molecule has 4 heterocycles. The molecule has 13 nitrogen and oxygen atoms in total. The lowest BCUT2D eigenvalue weighted by Crippen LogP contribution is -2.29. The largest absolute Gasteiger partial charge is 0.456 e. The summed E-state index contributed by atoms with van der Waals surface area (Å²) in [6.45, 7) is 2.13. The van der Waals surface area contributed by atoms with Gasteiger partial charge in [-0.05, 0) is 25.1 Å². The molecular weight excluding hydrogens is 468 g/mol. The van der Waals surface area contributed by atoms with E-state index in [4.69, 9.17) is 15.2 Å². The van der Waals surface area contributed by atoms with Gasteiger partial charge in [-0.1, -0.05) is 0 Å². The number of ether oxygens (including phenoxy) is 2. The molecule has 0 unspecified atom stereocenters. The van der Waals surface area contributed by atoms with E-state index in [0.717, 1.165) is 5.56 Å². The summed E-state index contributed by atoms with van der Waals surface area (Å²) < 4.78 is 13.5. The van der Waals surface area contributed by atoms with E-state index in [-0.39, 0.29) is 18.0 Å². The standard InChI is InChI=1S/C23H22N8O5/c1-14-26-12-18(22(33)30(14)2)21(32)29-20-4-3-17(11-27-20)36-16-5-6-25-19(9-16)15-10-28-31(13-15)7-8-35-23(24)34/h3-6,9-13H,7-8H2,1-2H3,(H2,24,34)(H,27,29,32). The van der Waals surface area contributed by atoms with Crippen LogP contribution in [0.1, 0.15) is 16.2 Å². The Morgan fingerprint density at radius 2 is 1.92 bits per heavy atom. The number of aromatic nitrogens is 6. The lowest BCUT2D eigenvalue weighted by Gasteiger charge is -2.09. The molecule has 0 radical (unpaired) electrons.